The second kappa shape index (κ2) is 6.27. The number of hydrogen-bond donors (Lipinski definition) is 1. The van der Waals surface area contributed by atoms with E-state index < -0.39 is 0 Å². The lowest BCUT2D eigenvalue weighted by Crippen LogP contribution is -2.43. The molecule has 0 heterocycles. The van der Waals surface area contributed by atoms with Crippen LogP contribution in [0.4, 0.5) is 0 Å². The third kappa shape index (κ3) is 3.73. The Labute approximate surface area is 125 Å². The Morgan fingerprint density at radius 1 is 1.37 bits per heavy atom. The molecule has 0 amide bonds. The van der Waals surface area contributed by atoms with Gasteiger partial charge in [-0.25, -0.2) is 0 Å². The lowest BCUT2D eigenvalue weighted by Gasteiger charge is -2.43. The highest BCUT2D eigenvalue weighted by atomic mass is 79.9. The number of halogens is 1. The summed E-state index contributed by atoms with van der Waals surface area (Å²) in [4.78, 5) is 0. The van der Waals surface area contributed by atoms with Gasteiger partial charge in [0.2, 0.25) is 0 Å². The van der Waals surface area contributed by atoms with Crippen molar-refractivity contribution in [2.75, 3.05) is 13.7 Å². The normalized spacial score (nSPS) is 17.3. The van der Waals surface area contributed by atoms with E-state index in [1.165, 1.54) is 24.8 Å². The molecule has 19 heavy (non-hydrogen) atoms. The van der Waals surface area contributed by atoms with Gasteiger partial charge in [0.15, 0.2) is 0 Å². The Morgan fingerprint density at radius 3 is 2.58 bits per heavy atom. The highest BCUT2D eigenvalue weighted by molar-refractivity contribution is 9.10. The second-order valence-corrected chi connectivity index (χ2v) is 6.89. The predicted molar refractivity (Wildman–Crippen MR) is 83.8 cm³/mol. The quantitative estimate of drug-likeness (QED) is 0.847. The monoisotopic (exact) mass is 325 g/mol. The van der Waals surface area contributed by atoms with Gasteiger partial charge in [-0.05, 0) is 58.3 Å². The molecule has 1 fully saturated rings. The van der Waals surface area contributed by atoms with Crippen LogP contribution in [0.25, 0.3) is 0 Å². The zero-order chi connectivity index (χ0) is 13.9. The minimum absolute atomic E-state index is 0.471. The van der Waals surface area contributed by atoms with Gasteiger partial charge in [0, 0.05) is 12.6 Å². The smallest absolute Gasteiger partial charge is 0.133 e. The summed E-state index contributed by atoms with van der Waals surface area (Å²) in [5, 5.41) is 3.61. The van der Waals surface area contributed by atoms with Gasteiger partial charge in [0.05, 0.1) is 11.6 Å². The summed E-state index contributed by atoms with van der Waals surface area (Å²) in [5.74, 6) is 0.909. The summed E-state index contributed by atoms with van der Waals surface area (Å²) in [6.45, 7) is 5.57. The van der Waals surface area contributed by atoms with Crippen LogP contribution in [0.3, 0.4) is 0 Å². The number of ether oxygens (including phenoxy) is 1. The van der Waals surface area contributed by atoms with Gasteiger partial charge < -0.3 is 10.1 Å². The van der Waals surface area contributed by atoms with Gasteiger partial charge in [-0.3, -0.25) is 0 Å². The molecule has 0 atom stereocenters. The SMILES string of the molecule is COc1ccc(CC2(CNC(C)C)CCC2)cc1Br. The molecule has 1 aromatic rings. The van der Waals surface area contributed by atoms with Crippen LogP contribution in [0.2, 0.25) is 0 Å². The van der Waals surface area contributed by atoms with Gasteiger partial charge >= 0.3 is 0 Å². The van der Waals surface area contributed by atoms with E-state index in [1.54, 1.807) is 7.11 Å². The highest BCUT2D eigenvalue weighted by Crippen LogP contribution is 2.43. The first-order valence-electron chi connectivity index (χ1n) is 7.10. The molecule has 3 heteroatoms. The van der Waals surface area contributed by atoms with Crippen LogP contribution in [0.1, 0.15) is 38.7 Å². The molecule has 2 rings (SSSR count). The second-order valence-electron chi connectivity index (χ2n) is 6.03. The average molecular weight is 326 g/mol. The molecule has 0 aliphatic heterocycles. The minimum Gasteiger partial charge on any atom is -0.496 e. The summed E-state index contributed by atoms with van der Waals surface area (Å²) in [6, 6.07) is 7.02. The maximum Gasteiger partial charge on any atom is 0.133 e. The van der Waals surface area contributed by atoms with Crippen LogP contribution in [0, 0.1) is 5.41 Å². The molecule has 106 valence electrons. The van der Waals surface area contributed by atoms with E-state index in [4.69, 9.17) is 4.74 Å². The molecule has 1 N–H and O–H groups in total. The first-order valence-corrected chi connectivity index (χ1v) is 7.90. The van der Waals surface area contributed by atoms with Gasteiger partial charge in [0.25, 0.3) is 0 Å². The van der Waals surface area contributed by atoms with E-state index in [-0.39, 0.29) is 0 Å². The molecule has 1 aromatic carbocycles. The molecule has 0 saturated heterocycles. The zero-order valence-electron chi connectivity index (χ0n) is 12.1. The third-order valence-corrected chi connectivity index (χ3v) is 4.71. The van der Waals surface area contributed by atoms with Crippen molar-refractivity contribution in [2.24, 2.45) is 5.41 Å². The van der Waals surface area contributed by atoms with E-state index in [9.17, 15) is 0 Å². The summed E-state index contributed by atoms with van der Waals surface area (Å²) >= 11 is 3.58. The Kier molecular flexibility index (Phi) is 4.91. The molecular formula is C16H24BrNO. The van der Waals surface area contributed by atoms with Gasteiger partial charge in [-0.15, -0.1) is 0 Å². The summed E-state index contributed by atoms with van der Waals surface area (Å²) in [7, 11) is 1.71. The average Bonchev–Trinajstić information content (AvgIpc) is 2.32. The molecule has 0 spiro atoms. The van der Waals surface area contributed by atoms with E-state index in [2.05, 4.69) is 53.3 Å². The molecule has 1 saturated carbocycles. The fourth-order valence-electron chi connectivity index (χ4n) is 2.77. The van der Waals surface area contributed by atoms with E-state index >= 15 is 0 Å². The van der Waals surface area contributed by atoms with Crippen LogP contribution in [-0.4, -0.2) is 19.7 Å². The number of benzene rings is 1. The van der Waals surface area contributed by atoms with Gasteiger partial charge in [0.1, 0.15) is 5.75 Å². The van der Waals surface area contributed by atoms with Crippen molar-refractivity contribution in [3.05, 3.63) is 28.2 Å². The summed E-state index contributed by atoms with van der Waals surface area (Å²) < 4.78 is 6.34. The van der Waals surface area contributed by atoms with E-state index in [0.717, 1.165) is 23.2 Å². The Hall–Kier alpha value is -0.540. The molecule has 1 aliphatic carbocycles. The molecule has 0 aromatic heterocycles. The van der Waals surface area contributed by atoms with Crippen molar-refractivity contribution >= 4 is 15.9 Å². The highest BCUT2D eigenvalue weighted by Gasteiger charge is 2.36. The largest absolute Gasteiger partial charge is 0.496 e. The molecular weight excluding hydrogens is 302 g/mol. The summed E-state index contributed by atoms with van der Waals surface area (Å²) in [5.41, 5.74) is 1.87. The number of rotatable bonds is 6. The zero-order valence-corrected chi connectivity index (χ0v) is 13.7. The first kappa shape index (κ1) is 14.9. The topological polar surface area (TPSA) is 21.3 Å². The molecule has 1 aliphatic rings. The number of methoxy groups -OCH3 is 1. The van der Waals surface area contributed by atoms with Crippen molar-refractivity contribution in [1.29, 1.82) is 0 Å². The molecule has 2 nitrogen and oxygen atoms in total. The van der Waals surface area contributed by atoms with Crippen LogP contribution in [-0.2, 0) is 6.42 Å². The molecule has 0 bridgehead atoms. The number of nitrogens with one attached hydrogen (secondary N) is 1. The van der Waals surface area contributed by atoms with Gasteiger partial charge in [-0.1, -0.05) is 26.3 Å². The van der Waals surface area contributed by atoms with Crippen molar-refractivity contribution in [2.45, 2.75) is 45.6 Å². The van der Waals surface area contributed by atoms with Crippen molar-refractivity contribution in [3.8, 4) is 5.75 Å². The Balaban J connectivity index is 2.03. The maximum absolute atomic E-state index is 5.29. The van der Waals surface area contributed by atoms with E-state index in [0.29, 0.717) is 11.5 Å². The predicted octanol–water partition coefficient (Wildman–Crippen LogP) is 4.17. The minimum atomic E-state index is 0.471. The van der Waals surface area contributed by atoms with Crippen LogP contribution in [0.15, 0.2) is 22.7 Å². The van der Waals surface area contributed by atoms with E-state index in [1.807, 2.05) is 0 Å². The lowest BCUT2D eigenvalue weighted by atomic mass is 9.65. The van der Waals surface area contributed by atoms with Crippen LogP contribution >= 0.6 is 15.9 Å². The fraction of sp³-hybridized carbons (Fsp3) is 0.625. The summed E-state index contributed by atoms with van der Waals surface area (Å²) in [6.07, 6.45) is 5.22. The van der Waals surface area contributed by atoms with Crippen LogP contribution in [0.5, 0.6) is 5.75 Å². The Bertz CT molecular complexity index is 427. The first-order chi connectivity index (χ1) is 9.04. The number of hydrogen-bond acceptors (Lipinski definition) is 2. The standard InChI is InChI=1S/C16H24BrNO/c1-12(2)18-11-16(7-4-8-16)10-13-5-6-15(19-3)14(17)9-13/h5-6,9,12,18H,4,7-8,10-11H2,1-3H3. The van der Waals surface area contributed by atoms with Crippen molar-refractivity contribution in [1.82, 2.24) is 5.32 Å². The third-order valence-electron chi connectivity index (χ3n) is 4.09. The van der Waals surface area contributed by atoms with Crippen molar-refractivity contribution < 1.29 is 4.74 Å². The van der Waals surface area contributed by atoms with Crippen LogP contribution < -0.4 is 10.1 Å². The molecule has 0 unspecified atom stereocenters. The fourth-order valence-corrected chi connectivity index (χ4v) is 3.35. The van der Waals surface area contributed by atoms with Gasteiger partial charge in [-0.2, -0.15) is 0 Å². The Morgan fingerprint density at radius 2 is 2.11 bits per heavy atom. The lowest BCUT2D eigenvalue weighted by molar-refractivity contribution is 0.126. The molecule has 0 radical (unpaired) electrons. The maximum atomic E-state index is 5.29. The van der Waals surface area contributed by atoms with Crippen molar-refractivity contribution in [3.63, 3.8) is 0 Å².